The maximum Gasteiger partial charge on any atom is 0.258 e. The number of para-hydroxylation sites is 1. The summed E-state index contributed by atoms with van der Waals surface area (Å²) in [5.74, 6) is 0.0945. The fraction of sp³-hybridized carbons (Fsp3) is 0.263. The zero-order chi connectivity index (χ0) is 17.0. The molecule has 0 radical (unpaired) electrons. The largest absolute Gasteiger partial charge is 0.480 e. The van der Waals surface area contributed by atoms with Crippen molar-refractivity contribution >= 4 is 5.91 Å². The van der Waals surface area contributed by atoms with Crippen molar-refractivity contribution in [1.82, 2.24) is 0 Å². The maximum absolute atomic E-state index is 11.2. The Bertz CT molecular complexity index is 743. The molecule has 2 aromatic rings. The first-order chi connectivity index (χ1) is 10.8. The van der Waals surface area contributed by atoms with E-state index >= 15 is 0 Å². The number of nitrogens with two attached hydrogens (primary N) is 1. The summed E-state index contributed by atoms with van der Waals surface area (Å²) in [6.07, 6.45) is -0.701. The van der Waals surface area contributed by atoms with E-state index in [1.54, 1.807) is 6.92 Å². The van der Waals surface area contributed by atoms with Gasteiger partial charge in [0, 0.05) is 5.56 Å². The minimum atomic E-state index is -0.701. The van der Waals surface area contributed by atoms with Crippen LogP contribution in [0.25, 0.3) is 11.1 Å². The van der Waals surface area contributed by atoms with Gasteiger partial charge in [0.05, 0.1) is 11.5 Å². The molecule has 0 fully saturated rings. The highest BCUT2D eigenvalue weighted by Crippen LogP contribution is 2.32. The predicted octanol–water partition coefficient (Wildman–Crippen LogP) is 3.41. The van der Waals surface area contributed by atoms with Crippen molar-refractivity contribution in [2.45, 2.75) is 32.3 Å². The first kappa shape index (κ1) is 16.6. The molecule has 4 heteroatoms. The highest BCUT2D eigenvalue weighted by atomic mass is 16.5. The molecule has 0 unspecified atom stereocenters. The molecule has 23 heavy (non-hydrogen) atoms. The first-order valence-electron chi connectivity index (χ1n) is 7.42. The van der Waals surface area contributed by atoms with Gasteiger partial charge >= 0.3 is 0 Å². The molecule has 1 amide bonds. The highest BCUT2D eigenvalue weighted by Gasteiger charge is 2.20. The van der Waals surface area contributed by atoms with Crippen LogP contribution in [0.5, 0.6) is 5.75 Å². The Labute approximate surface area is 136 Å². The number of rotatable bonds is 5. The second kappa shape index (κ2) is 6.53. The van der Waals surface area contributed by atoms with Gasteiger partial charge in [-0.2, -0.15) is 5.26 Å². The Morgan fingerprint density at radius 3 is 2.35 bits per heavy atom. The molecule has 0 aliphatic carbocycles. The van der Waals surface area contributed by atoms with Crippen molar-refractivity contribution in [3.05, 3.63) is 54.1 Å². The number of hydrogen-bond acceptors (Lipinski definition) is 3. The van der Waals surface area contributed by atoms with Gasteiger partial charge in [-0.05, 0) is 38.0 Å². The van der Waals surface area contributed by atoms with Gasteiger partial charge in [0.25, 0.3) is 5.91 Å². The number of nitrogens with zero attached hydrogens (tertiary/aromatic N) is 1. The van der Waals surface area contributed by atoms with Crippen molar-refractivity contribution in [3.8, 4) is 22.9 Å². The minimum absolute atomic E-state index is 0.508. The summed E-state index contributed by atoms with van der Waals surface area (Å²) in [6, 6.07) is 17.6. The fourth-order valence-electron chi connectivity index (χ4n) is 2.19. The van der Waals surface area contributed by atoms with Crippen molar-refractivity contribution in [2.75, 3.05) is 0 Å². The number of nitriles is 1. The van der Waals surface area contributed by atoms with E-state index in [1.807, 2.05) is 62.4 Å². The van der Waals surface area contributed by atoms with Gasteiger partial charge < -0.3 is 10.5 Å². The molecule has 0 aliphatic heterocycles. The minimum Gasteiger partial charge on any atom is -0.480 e. The van der Waals surface area contributed by atoms with Crippen LogP contribution >= 0.6 is 0 Å². The quantitative estimate of drug-likeness (QED) is 0.919. The third kappa shape index (κ3) is 3.70. The number of carbonyl (C=O) groups excluding carboxylic acids is 1. The van der Waals surface area contributed by atoms with E-state index < -0.39 is 17.4 Å². The summed E-state index contributed by atoms with van der Waals surface area (Å²) in [5.41, 5.74) is 7.51. The lowest BCUT2D eigenvalue weighted by molar-refractivity contribution is -0.123. The topological polar surface area (TPSA) is 76.1 Å². The van der Waals surface area contributed by atoms with Crippen LogP contribution in [-0.4, -0.2) is 12.0 Å². The van der Waals surface area contributed by atoms with E-state index in [4.69, 9.17) is 10.5 Å². The third-order valence-electron chi connectivity index (χ3n) is 3.79. The zero-order valence-corrected chi connectivity index (χ0v) is 13.5. The smallest absolute Gasteiger partial charge is 0.258 e. The fourth-order valence-corrected chi connectivity index (χ4v) is 2.19. The third-order valence-corrected chi connectivity index (χ3v) is 3.79. The summed E-state index contributed by atoms with van der Waals surface area (Å²) < 4.78 is 5.65. The molecule has 2 aromatic carbocycles. The normalized spacial score (nSPS) is 12.3. The molecule has 0 bridgehead atoms. The summed E-state index contributed by atoms with van der Waals surface area (Å²) in [7, 11) is 0. The average Bonchev–Trinajstić information content (AvgIpc) is 2.55. The van der Waals surface area contributed by atoms with Gasteiger partial charge in [0.15, 0.2) is 6.10 Å². The average molecular weight is 308 g/mol. The van der Waals surface area contributed by atoms with Gasteiger partial charge in [-0.3, -0.25) is 4.79 Å². The maximum atomic E-state index is 11.2. The number of carbonyl (C=O) groups is 1. The van der Waals surface area contributed by atoms with Crippen molar-refractivity contribution < 1.29 is 9.53 Å². The number of hydrogen-bond donors (Lipinski definition) is 1. The number of amides is 1. The number of ether oxygens (including phenoxy) is 1. The van der Waals surface area contributed by atoms with E-state index in [2.05, 4.69) is 6.07 Å². The SMILES string of the molecule is C[C@@H](Oc1ccccc1-c1ccc(C(C)(C)C#N)cc1)C(N)=O. The number of primary amides is 1. The molecular formula is C19H20N2O2. The molecule has 0 aromatic heterocycles. The predicted molar refractivity (Wildman–Crippen MR) is 89.8 cm³/mol. The molecule has 0 aliphatic rings. The van der Waals surface area contributed by atoms with E-state index in [-0.39, 0.29) is 0 Å². The van der Waals surface area contributed by atoms with Gasteiger partial charge in [-0.1, -0.05) is 42.5 Å². The Morgan fingerprint density at radius 2 is 1.78 bits per heavy atom. The molecule has 1 atom stereocenters. The van der Waals surface area contributed by atoms with Gasteiger partial charge in [0.1, 0.15) is 5.75 Å². The molecule has 118 valence electrons. The molecule has 2 rings (SSSR count). The van der Waals surface area contributed by atoms with E-state index in [0.29, 0.717) is 5.75 Å². The highest BCUT2D eigenvalue weighted by molar-refractivity contribution is 5.79. The van der Waals surface area contributed by atoms with Crippen LogP contribution < -0.4 is 10.5 Å². The number of benzene rings is 2. The standard InChI is InChI=1S/C19H20N2O2/c1-13(18(21)22)23-17-7-5-4-6-16(17)14-8-10-15(11-9-14)19(2,3)12-20/h4-11,13H,1-3H3,(H2,21,22)/t13-/m1/s1. The zero-order valence-electron chi connectivity index (χ0n) is 13.5. The Hall–Kier alpha value is -2.80. The van der Waals surface area contributed by atoms with Crippen molar-refractivity contribution in [1.29, 1.82) is 5.26 Å². The summed E-state index contributed by atoms with van der Waals surface area (Å²) in [6.45, 7) is 5.39. The van der Waals surface area contributed by atoms with Crippen LogP contribution in [0.4, 0.5) is 0 Å². The summed E-state index contributed by atoms with van der Waals surface area (Å²) in [5, 5.41) is 9.22. The van der Waals surface area contributed by atoms with Crippen LogP contribution in [0, 0.1) is 11.3 Å². The van der Waals surface area contributed by atoms with Gasteiger partial charge in [-0.15, -0.1) is 0 Å². The molecule has 4 nitrogen and oxygen atoms in total. The Morgan fingerprint density at radius 1 is 1.17 bits per heavy atom. The second-order valence-corrected chi connectivity index (χ2v) is 5.97. The molecular weight excluding hydrogens is 288 g/mol. The van der Waals surface area contributed by atoms with Crippen LogP contribution in [0.15, 0.2) is 48.5 Å². The Kier molecular flexibility index (Phi) is 4.71. The van der Waals surface area contributed by atoms with Crippen LogP contribution in [0.1, 0.15) is 26.3 Å². The molecule has 0 spiro atoms. The second-order valence-electron chi connectivity index (χ2n) is 5.97. The molecule has 0 saturated carbocycles. The van der Waals surface area contributed by atoms with E-state index in [0.717, 1.165) is 16.7 Å². The van der Waals surface area contributed by atoms with Crippen LogP contribution in [-0.2, 0) is 10.2 Å². The van der Waals surface area contributed by atoms with Crippen molar-refractivity contribution in [3.63, 3.8) is 0 Å². The molecule has 0 saturated heterocycles. The Balaban J connectivity index is 2.36. The van der Waals surface area contributed by atoms with Crippen molar-refractivity contribution in [2.24, 2.45) is 5.73 Å². The van der Waals surface area contributed by atoms with Gasteiger partial charge in [-0.25, -0.2) is 0 Å². The van der Waals surface area contributed by atoms with Crippen LogP contribution in [0.2, 0.25) is 0 Å². The molecule has 0 heterocycles. The summed E-state index contributed by atoms with van der Waals surface area (Å²) in [4.78, 5) is 11.2. The first-order valence-corrected chi connectivity index (χ1v) is 7.42. The monoisotopic (exact) mass is 308 g/mol. The lowest BCUT2D eigenvalue weighted by atomic mass is 9.85. The lowest BCUT2D eigenvalue weighted by Gasteiger charge is -2.18. The van der Waals surface area contributed by atoms with Gasteiger partial charge in [0.2, 0.25) is 0 Å². The summed E-state index contributed by atoms with van der Waals surface area (Å²) >= 11 is 0. The van der Waals surface area contributed by atoms with E-state index in [1.165, 1.54) is 0 Å². The lowest BCUT2D eigenvalue weighted by Crippen LogP contribution is -2.30. The van der Waals surface area contributed by atoms with E-state index in [9.17, 15) is 10.1 Å². The van der Waals surface area contributed by atoms with Crippen LogP contribution in [0.3, 0.4) is 0 Å². The molecule has 2 N–H and O–H groups in total.